The van der Waals surface area contributed by atoms with Crippen molar-refractivity contribution >= 4 is 49.5 Å². The third-order valence-corrected chi connectivity index (χ3v) is 7.39. The molecule has 5 nitrogen and oxygen atoms in total. The van der Waals surface area contributed by atoms with E-state index in [1.165, 1.54) is 16.7 Å². The second-order valence-corrected chi connectivity index (χ2v) is 9.86. The van der Waals surface area contributed by atoms with E-state index in [4.69, 9.17) is 5.73 Å². The first-order valence-corrected chi connectivity index (χ1v) is 11.5. The quantitative estimate of drug-likeness (QED) is 0.595. The number of rotatable bonds is 3. The van der Waals surface area contributed by atoms with Crippen molar-refractivity contribution in [2.45, 2.75) is 17.6 Å². The van der Waals surface area contributed by atoms with Gasteiger partial charge in [0.25, 0.3) is 0 Å². The molecule has 2 aliphatic heterocycles. The Hall–Kier alpha value is -2.52. The number of hydrogen-bond donors (Lipinski definition) is 1. The van der Waals surface area contributed by atoms with E-state index in [1.807, 2.05) is 48.5 Å². The predicted octanol–water partition coefficient (Wildman–Crippen LogP) is 4.92. The van der Waals surface area contributed by atoms with Crippen molar-refractivity contribution in [2.24, 2.45) is 5.73 Å². The van der Waals surface area contributed by atoms with Gasteiger partial charge in [-0.15, -0.1) is 0 Å². The summed E-state index contributed by atoms with van der Waals surface area (Å²) in [7, 11) is 0. The minimum Gasteiger partial charge on any atom is -0.384 e. The lowest BCUT2D eigenvalue weighted by atomic mass is 9.83. The Bertz CT molecular complexity index is 1170. The fraction of sp³-hybridized carbons (Fsp3) is 0.136. The molecule has 1 fully saturated rings. The van der Waals surface area contributed by atoms with Crippen LogP contribution >= 0.6 is 43.6 Å². The summed E-state index contributed by atoms with van der Waals surface area (Å²) in [5.41, 5.74) is 8.69. The molecule has 148 valence electrons. The number of allylic oxidation sites excluding steroid dienone is 2. The summed E-state index contributed by atoms with van der Waals surface area (Å²) in [6, 6.07) is 19.6. The van der Waals surface area contributed by atoms with Crippen LogP contribution in [0.3, 0.4) is 0 Å². The third-order valence-electron chi connectivity index (χ3n) is 5.06. The van der Waals surface area contributed by atoms with E-state index in [9.17, 15) is 15.3 Å². The van der Waals surface area contributed by atoms with Crippen molar-refractivity contribution < 1.29 is 4.79 Å². The van der Waals surface area contributed by atoms with Gasteiger partial charge >= 0.3 is 0 Å². The van der Waals surface area contributed by atoms with Gasteiger partial charge in [-0.25, -0.2) is 0 Å². The van der Waals surface area contributed by atoms with Gasteiger partial charge in [-0.05, 0) is 41.8 Å². The van der Waals surface area contributed by atoms with Crippen molar-refractivity contribution in [3.05, 3.63) is 90.6 Å². The lowest BCUT2D eigenvalue weighted by Gasteiger charge is -2.29. The van der Waals surface area contributed by atoms with Crippen LogP contribution < -0.4 is 5.73 Å². The van der Waals surface area contributed by atoms with Crippen LogP contribution in [0.25, 0.3) is 0 Å². The highest BCUT2D eigenvalue weighted by Gasteiger charge is 2.46. The van der Waals surface area contributed by atoms with E-state index in [1.54, 1.807) is 0 Å². The van der Waals surface area contributed by atoms with Crippen LogP contribution in [0.1, 0.15) is 17.0 Å². The number of nitriles is 2. The number of carbonyl (C=O) groups is 1. The molecular weight excluding hydrogens is 528 g/mol. The molecule has 2 aliphatic rings. The lowest BCUT2D eigenvalue weighted by molar-refractivity contribution is -0.126. The molecule has 2 unspecified atom stereocenters. The van der Waals surface area contributed by atoms with Gasteiger partial charge in [0.05, 0.1) is 39.5 Å². The number of hydrogen-bond acceptors (Lipinski definition) is 5. The van der Waals surface area contributed by atoms with E-state index in [2.05, 4.69) is 44.0 Å². The molecule has 0 bridgehead atoms. The number of halogens is 2. The number of amides is 1. The normalized spacial score (nSPS) is 20.8. The number of fused-ring (bicyclic) bond motifs is 1. The maximum Gasteiger partial charge on any atom is 0.247 e. The Balaban J connectivity index is 1.77. The molecule has 0 aromatic heterocycles. The van der Waals surface area contributed by atoms with Crippen LogP contribution in [0, 0.1) is 22.7 Å². The Morgan fingerprint density at radius 2 is 1.53 bits per heavy atom. The van der Waals surface area contributed by atoms with Crippen LogP contribution in [0.15, 0.2) is 79.5 Å². The lowest BCUT2D eigenvalue weighted by Crippen LogP contribution is -2.37. The van der Waals surface area contributed by atoms with Gasteiger partial charge in [0.2, 0.25) is 5.91 Å². The third kappa shape index (κ3) is 3.56. The summed E-state index contributed by atoms with van der Waals surface area (Å²) >= 11 is 8.16. The zero-order chi connectivity index (χ0) is 21.4. The van der Waals surface area contributed by atoms with Crippen molar-refractivity contribution in [1.82, 2.24) is 4.90 Å². The first-order chi connectivity index (χ1) is 14.4. The smallest absolute Gasteiger partial charge is 0.247 e. The highest BCUT2D eigenvalue weighted by molar-refractivity contribution is 9.10. The molecule has 2 aromatic carbocycles. The second kappa shape index (κ2) is 8.31. The Morgan fingerprint density at radius 3 is 2.10 bits per heavy atom. The summed E-state index contributed by atoms with van der Waals surface area (Å²) in [6.07, 6.45) is 0.508. The average Bonchev–Trinajstić information content (AvgIpc) is 3.06. The summed E-state index contributed by atoms with van der Waals surface area (Å²) < 4.78 is 1.86. The van der Waals surface area contributed by atoms with Crippen molar-refractivity contribution in [3.63, 3.8) is 0 Å². The summed E-state index contributed by atoms with van der Waals surface area (Å²) in [4.78, 5) is 14.5. The van der Waals surface area contributed by atoms with Crippen LogP contribution in [0.5, 0.6) is 0 Å². The number of nitrogens with zero attached hydrogens (tertiary/aromatic N) is 3. The molecule has 2 N–H and O–H groups in total. The molecule has 0 radical (unpaired) electrons. The van der Waals surface area contributed by atoms with Crippen molar-refractivity contribution in [1.29, 1.82) is 10.5 Å². The predicted molar refractivity (Wildman–Crippen MR) is 122 cm³/mol. The van der Waals surface area contributed by atoms with Crippen LogP contribution in [0.4, 0.5) is 0 Å². The topological polar surface area (TPSA) is 93.9 Å². The molecule has 2 aromatic rings. The van der Waals surface area contributed by atoms with E-state index in [-0.39, 0.29) is 17.3 Å². The van der Waals surface area contributed by atoms with Crippen LogP contribution in [0.2, 0.25) is 0 Å². The standard InChI is InChI=1S/C22H14Br2N4OS/c23-14-5-1-12(2-6-14)9-18-21(29)28-20(27)16(10-25)19(17(11-26)22(28)30-18)13-3-7-15(24)8-4-13/h1-8,18-19H,9,27H2. The Morgan fingerprint density at radius 1 is 0.967 bits per heavy atom. The van der Waals surface area contributed by atoms with E-state index in [0.29, 0.717) is 17.0 Å². The number of nitrogens with two attached hydrogens (primary N) is 1. The van der Waals surface area contributed by atoms with Crippen LogP contribution in [-0.2, 0) is 11.2 Å². The number of thioether (sulfide) groups is 1. The highest BCUT2D eigenvalue weighted by atomic mass is 79.9. The SMILES string of the molecule is N#CC1=C(N)N2C(=O)C(Cc3ccc(Br)cc3)SC2=C(C#N)C1c1ccc(Br)cc1. The molecule has 8 heteroatoms. The van der Waals surface area contributed by atoms with E-state index >= 15 is 0 Å². The Labute approximate surface area is 195 Å². The van der Waals surface area contributed by atoms with Crippen molar-refractivity contribution in [2.75, 3.05) is 0 Å². The van der Waals surface area contributed by atoms with Gasteiger partial charge in [0.15, 0.2) is 0 Å². The second-order valence-electron chi connectivity index (χ2n) is 6.84. The average molecular weight is 542 g/mol. The molecule has 1 amide bonds. The van der Waals surface area contributed by atoms with E-state index < -0.39 is 11.2 Å². The van der Waals surface area contributed by atoms with Gasteiger partial charge in [-0.2, -0.15) is 10.5 Å². The summed E-state index contributed by atoms with van der Waals surface area (Å²) in [5.74, 6) is -0.688. The summed E-state index contributed by atoms with van der Waals surface area (Å²) in [5, 5.41) is 19.9. The highest BCUT2D eigenvalue weighted by Crippen LogP contribution is 2.49. The molecule has 0 spiro atoms. The van der Waals surface area contributed by atoms with Gasteiger partial charge in [0.1, 0.15) is 5.82 Å². The number of carbonyl (C=O) groups excluding carboxylic acids is 1. The first-order valence-electron chi connectivity index (χ1n) is 8.99. The molecule has 2 atom stereocenters. The maximum atomic E-state index is 13.2. The Kier molecular flexibility index (Phi) is 5.75. The van der Waals surface area contributed by atoms with Gasteiger partial charge in [-0.1, -0.05) is 67.9 Å². The van der Waals surface area contributed by atoms with Gasteiger partial charge in [0, 0.05) is 8.95 Å². The zero-order valence-electron chi connectivity index (χ0n) is 15.5. The van der Waals surface area contributed by atoms with Gasteiger partial charge in [-0.3, -0.25) is 9.69 Å². The minimum atomic E-state index is -0.592. The molecule has 2 heterocycles. The molecule has 0 saturated carbocycles. The fourth-order valence-corrected chi connectivity index (χ4v) is 5.48. The monoisotopic (exact) mass is 540 g/mol. The van der Waals surface area contributed by atoms with Crippen molar-refractivity contribution in [3.8, 4) is 12.1 Å². The zero-order valence-corrected chi connectivity index (χ0v) is 19.5. The molecule has 4 rings (SSSR count). The van der Waals surface area contributed by atoms with Crippen LogP contribution in [-0.4, -0.2) is 16.1 Å². The summed E-state index contributed by atoms with van der Waals surface area (Å²) in [6.45, 7) is 0. The number of benzene rings is 2. The fourth-order valence-electron chi connectivity index (χ4n) is 3.62. The molecule has 30 heavy (non-hydrogen) atoms. The first kappa shape index (κ1) is 20.7. The molecule has 1 saturated heterocycles. The largest absolute Gasteiger partial charge is 0.384 e. The maximum absolute atomic E-state index is 13.2. The molecular formula is C22H14Br2N4OS. The molecule has 0 aliphatic carbocycles. The van der Waals surface area contributed by atoms with Gasteiger partial charge < -0.3 is 5.73 Å². The van der Waals surface area contributed by atoms with E-state index in [0.717, 1.165) is 20.1 Å². The minimum absolute atomic E-state index is 0.107.